The maximum atomic E-state index is 13.4. The number of nitrogens with two attached hydrogens (primary N) is 2. The first-order valence-electron chi connectivity index (χ1n) is 7.02. The van der Waals surface area contributed by atoms with E-state index in [0.717, 1.165) is 24.0 Å². The molecule has 4 N–H and O–H groups in total. The Morgan fingerprint density at radius 2 is 2.15 bits per heavy atom. The van der Waals surface area contributed by atoms with Gasteiger partial charge in [0.2, 0.25) is 5.91 Å². The lowest BCUT2D eigenvalue weighted by Crippen LogP contribution is -2.45. The molecule has 2 rings (SSSR count). The lowest BCUT2D eigenvalue weighted by molar-refractivity contribution is -0.124. The Bertz CT molecular complexity index is 492. The van der Waals surface area contributed by atoms with Crippen LogP contribution in [0.4, 0.5) is 4.39 Å². The first-order chi connectivity index (χ1) is 9.51. The SMILES string of the molecule is CC1CCC(C(N)=O)CN1Cc1cc(F)ccc1CN. The lowest BCUT2D eigenvalue weighted by Gasteiger charge is -2.37. The molecule has 1 heterocycles. The van der Waals surface area contributed by atoms with Gasteiger partial charge in [0.25, 0.3) is 0 Å². The number of rotatable bonds is 4. The third-order valence-corrected chi connectivity index (χ3v) is 4.18. The Kier molecular flexibility index (Phi) is 4.73. The van der Waals surface area contributed by atoms with Gasteiger partial charge >= 0.3 is 0 Å². The molecule has 1 amide bonds. The number of hydrogen-bond acceptors (Lipinski definition) is 3. The van der Waals surface area contributed by atoms with Crippen molar-refractivity contribution in [1.82, 2.24) is 4.90 Å². The Balaban J connectivity index is 2.15. The monoisotopic (exact) mass is 279 g/mol. The second-order valence-corrected chi connectivity index (χ2v) is 5.57. The number of amides is 1. The molecule has 0 aliphatic carbocycles. The number of hydrogen-bond donors (Lipinski definition) is 2. The summed E-state index contributed by atoms with van der Waals surface area (Å²) in [5, 5.41) is 0. The molecule has 1 aliphatic rings. The fraction of sp³-hybridized carbons (Fsp3) is 0.533. The minimum absolute atomic E-state index is 0.110. The number of piperidine rings is 1. The number of benzene rings is 1. The summed E-state index contributed by atoms with van der Waals surface area (Å²) in [5.41, 5.74) is 12.9. The van der Waals surface area contributed by atoms with E-state index >= 15 is 0 Å². The average Bonchev–Trinajstić information content (AvgIpc) is 2.41. The quantitative estimate of drug-likeness (QED) is 0.874. The van der Waals surface area contributed by atoms with Crippen molar-refractivity contribution in [2.24, 2.45) is 17.4 Å². The Hall–Kier alpha value is -1.46. The van der Waals surface area contributed by atoms with Gasteiger partial charge in [0.1, 0.15) is 5.82 Å². The van der Waals surface area contributed by atoms with Gasteiger partial charge < -0.3 is 11.5 Å². The molecule has 0 spiro atoms. The predicted molar refractivity (Wildman–Crippen MR) is 76.1 cm³/mol. The van der Waals surface area contributed by atoms with E-state index in [2.05, 4.69) is 11.8 Å². The van der Waals surface area contributed by atoms with E-state index in [1.807, 2.05) is 0 Å². The highest BCUT2D eigenvalue weighted by atomic mass is 19.1. The smallest absolute Gasteiger partial charge is 0.221 e. The molecular formula is C15H22FN3O. The molecule has 0 radical (unpaired) electrons. The number of likely N-dealkylation sites (tertiary alicyclic amines) is 1. The summed E-state index contributed by atoms with van der Waals surface area (Å²) in [7, 11) is 0. The van der Waals surface area contributed by atoms with Crippen LogP contribution in [0.3, 0.4) is 0 Å². The summed E-state index contributed by atoms with van der Waals surface area (Å²) in [6.45, 7) is 3.75. The molecular weight excluding hydrogens is 257 g/mol. The van der Waals surface area contributed by atoms with Gasteiger partial charge in [0, 0.05) is 25.7 Å². The van der Waals surface area contributed by atoms with Gasteiger partial charge in [-0.25, -0.2) is 4.39 Å². The second-order valence-electron chi connectivity index (χ2n) is 5.57. The highest BCUT2D eigenvalue weighted by Crippen LogP contribution is 2.24. The van der Waals surface area contributed by atoms with E-state index in [0.29, 0.717) is 25.7 Å². The van der Waals surface area contributed by atoms with Crippen LogP contribution in [-0.2, 0) is 17.9 Å². The maximum Gasteiger partial charge on any atom is 0.221 e. The van der Waals surface area contributed by atoms with Crippen LogP contribution in [0.15, 0.2) is 18.2 Å². The summed E-state index contributed by atoms with van der Waals surface area (Å²) in [6, 6.07) is 5.05. The van der Waals surface area contributed by atoms with E-state index in [-0.39, 0.29) is 17.6 Å². The Morgan fingerprint density at radius 3 is 2.80 bits per heavy atom. The fourth-order valence-electron chi connectivity index (χ4n) is 2.79. The fourth-order valence-corrected chi connectivity index (χ4v) is 2.79. The van der Waals surface area contributed by atoms with Gasteiger partial charge in [0.15, 0.2) is 0 Å². The Labute approximate surface area is 118 Å². The van der Waals surface area contributed by atoms with Crippen LogP contribution in [-0.4, -0.2) is 23.4 Å². The topological polar surface area (TPSA) is 72.4 Å². The number of nitrogens with zero attached hydrogens (tertiary/aromatic N) is 1. The largest absolute Gasteiger partial charge is 0.369 e. The molecule has 110 valence electrons. The third-order valence-electron chi connectivity index (χ3n) is 4.18. The first-order valence-corrected chi connectivity index (χ1v) is 7.02. The Morgan fingerprint density at radius 1 is 1.40 bits per heavy atom. The zero-order valence-corrected chi connectivity index (χ0v) is 11.8. The summed E-state index contributed by atoms with van der Waals surface area (Å²) in [4.78, 5) is 13.5. The van der Waals surface area contributed by atoms with Crippen LogP contribution >= 0.6 is 0 Å². The zero-order valence-electron chi connectivity index (χ0n) is 11.8. The zero-order chi connectivity index (χ0) is 14.7. The van der Waals surface area contributed by atoms with Gasteiger partial charge in [-0.15, -0.1) is 0 Å². The highest BCUT2D eigenvalue weighted by molar-refractivity contribution is 5.77. The van der Waals surface area contributed by atoms with Crippen molar-refractivity contribution >= 4 is 5.91 Å². The van der Waals surface area contributed by atoms with Crippen LogP contribution in [0, 0.1) is 11.7 Å². The van der Waals surface area contributed by atoms with E-state index in [1.165, 1.54) is 12.1 Å². The minimum Gasteiger partial charge on any atom is -0.369 e. The molecule has 0 bridgehead atoms. The van der Waals surface area contributed by atoms with Crippen LogP contribution in [0.25, 0.3) is 0 Å². The molecule has 4 nitrogen and oxygen atoms in total. The van der Waals surface area contributed by atoms with E-state index in [9.17, 15) is 9.18 Å². The second kappa shape index (κ2) is 6.33. The minimum atomic E-state index is -0.256. The van der Waals surface area contributed by atoms with Gasteiger partial charge in [-0.1, -0.05) is 6.07 Å². The van der Waals surface area contributed by atoms with Crippen LogP contribution in [0.2, 0.25) is 0 Å². The molecule has 1 saturated heterocycles. The molecule has 5 heteroatoms. The van der Waals surface area contributed by atoms with Crippen molar-refractivity contribution in [2.45, 2.75) is 38.9 Å². The van der Waals surface area contributed by atoms with Crippen molar-refractivity contribution in [2.75, 3.05) is 6.54 Å². The van der Waals surface area contributed by atoms with Crippen molar-refractivity contribution in [3.8, 4) is 0 Å². The van der Waals surface area contributed by atoms with Crippen LogP contribution in [0.1, 0.15) is 30.9 Å². The van der Waals surface area contributed by atoms with Gasteiger partial charge in [-0.05, 0) is 43.0 Å². The van der Waals surface area contributed by atoms with E-state index in [4.69, 9.17) is 11.5 Å². The van der Waals surface area contributed by atoms with Crippen molar-refractivity contribution in [1.29, 1.82) is 0 Å². The lowest BCUT2D eigenvalue weighted by atomic mass is 9.92. The normalized spacial score (nSPS) is 23.8. The molecule has 0 aromatic heterocycles. The van der Waals surface area contributed by atoms with Gasteiger partial charge in [-0.3, -0.25) is 9.69 Å². The molecule has 2 atom stereocenters. The van der Waals surface area contributed by atoms with Crippen molar-refractivity contribution in [3.63, 3.8) is 0 Å². The van der Waals surface area contributed by atoms with E-state index < -0.39 is 0 Å². The van der Waals surface area contributed by atoms with Crippen molar-refractivity contribution in [3.05, 3.63) is 35.1 Å². The van der Waals surface area contributed by atoms with Crippen LogP contribution < -0.4 is 11.5 Å². The molecule has 1 aromatic carbocycles. The van der Waals surface area contributed by atoms with Crippen molar-refractivity contribution < 1.29 is 9.18 Å². The number of halogens is 1. The summed E-state index contributed by atoms with van der Waals surface area (Å²) in [6.07, 6.45) is 1.76. The number of carbonyl (C=O) groups excluding carboxylic acids is 1. The van der Waals surface area contributed by atoms with Crippen LogP contribution in [0.5, 0.6) is 0 Å². The molecule has 2 unspecified atom stereocenters. The number of primary amides is 1. The molecule has 20 heavy (non-hydrogen) atoms. The standard InChI is InChI=1S/C15H22FN3O/c1-10-2-3-12(15(18)20)8-19(10)9-13-6-14(16)5-4-11(13)7-17/h4-6,10,12H,2-3,7-9,17H2,1H3,(H2,18,20). The molecule has 0 saturated carbocycles. The summed E-state index contributed by atoms with van der Waals surface area (Å²) in [5.74, 6) is -0.616. The molecule has 1 aromatic rings. The van der Waals surface area contributed by atoms with Gasteiger partial charge in [0.05, 0.1) is 5.92 Å². The first kappa shape index (κ1) is 14.9. The number of carbonyl (C=O) groups is 1. The maximum absolute atomic E-state index is 13.4. The average molecular weight is 279 g/mol. The van der Waals surface area contributed by atoms with E-state index in [1.54, 1.807) is 6.07 Å². The molecule has 1 aliphatic heterocycles. The summed E-state index contributed by atoms with van der Waals surface area (Å²) < 4.78 is 13.4. The summed E-state index contributed by atoms with van der Waals surface area (Å²) >= 11 is 0. The highest BCUT2D eigenvalue weighted by Gasteiger charge is 2.28. The van der Waals surface area contributed by atoms with Gasteiger partial charge in [-0.2, -0.15) is 0 Å². The molecule has 1 fully saturated rings. The predicted octanol–water partition coefficient (Wildman–Crippen LogP) is 1.37. The third kappa shape index (κ3) is 3.35.